The number of piperidine rings is 1. The summed E-state index contributed by atoms with van der Waals surface area (Å²) in [5.41, 5.74) is 0. The Labute approximate surface area is 114 Å². The summed E-state index contributed by atoms with van der Waals surface area (Å²) < 4.78 is 1.08. The predicted molar refractivity (Wildman–Crippen MR) is 72.9 cm³/mol. The highest BCUT2D eigenvalue weighted by molar-refractivity contribution is 14.1. The lowest BCUT2D eigenvalue weighted by Gasteiger charge is -2.36. The van der Waals surface area contributed by atoms with Crippen LogP contribution >= 0.6 is 34.2 Å². The fraction of sp³-hybridized carbons (Fsp3) is 0.636. The first kappa shape index (κ1) is 11.0. The summed E-state index contributed by atoms with van der Waals surface area (Å²) in [5, 5.41) is 0.345. The minimum absolute atomic E-state index is 0.345. The van der Waals surface area contributed by atoms with Crippen LogP contribution < -0.4 is 4.90 Å². The van der Waals surface area contributed by atoms with Crippen molar-refractivity contribution >= 4 is 40.1 Å². The molecule has 1 aromatic heterocycles. The molecular formula is C11H13ClIN3. The summed E-state index contributed by atoms with van der Waals surface area (Å²) >= 11 is 8.49. The number of rotatable bonds is 1. The Balaban J connectivity index is 1.88. The van der Waals surface area contributed by atoms with Crippen LogP contribution in [0.5, 0.6) is 0 Å². The van der Waals surface area contributed by atoms with E-state index in [-0.39, 0.29) is 0 Å². The van der Waals surface area contributed by atoms with E-state index in [1.54, 1.807) is 0 Å². The molecule has 0 aliphatic carbocycles. The molecule has 0 N–H and O–H groups in total. The summed E-state index contributed by atoms with van der Waals surface area (Å²) in [4.78, 5) is 11.2. The van der Waals surface area contributed by atoms with Crippen molar-refractivity contribution in [1.82, 2.24) is 9.97 Å². The third-order valence-electron chi connectivity index (χ3n) is 3.51. The van der Waals surface area contributed by atoms with Crippen molar-refractivity contribution in [2.45, 2.75) is 43.1 Å². The molecule has 16 heavy (non-hydrogen) atoms. The van der Waals surface area contributed by atoms with Gasteiger partial charge in [0.1, 0.15) is 0 Å². The van der Waals surface area contributed by atoms with Crippen LogP contribution in [0.3, 0.4) is 0 Å². The van der Waals surface area contributed by atoms with Crippen LogP contribution in [-0.4, -0.2) is 27.4 Å². The standard InChI is InChI=1S/C11H13ClIN3/c12-7-3-9-1-2-10(4-7)16(9)11-14-5-8(13)6-15-11/h5-7,9-10H,1-4H2. The van der Waals surface area contributed by atoms with Gasteiger partial charge < -0.3 is 4.90 Å². The highest BCUT2D eigenvalue weighted by Gasteiger charge is 2.41. The Kier molecular flexibility index (Phi) is 2.96. The van der Waals surface area contributed by atoms with Crippen LogP contribution in [0, 0.1) is 3.57 Å². The van der Waals surface area contributed by atoms with Crippen molar-refractivity contribution in [3.63, 3.8) is 0 Å². The molecule has 1 aromatic rings. The van der Waals surface area contributed by atoms with E-state index in [9.17, 15) is 0 Å². The second-order valence-corrected chi connectivity index (χ2v) is 6.43. The highest BCUT2D eigenvalue weighted by atomic mass is 127. The van der Waals surface area contributed by atoms with E-state index in [2.05, 4.69) is 37.5 Å². The molecule has 3 nitrogen and oxygen atoms in total. The SMILES string of the molecule is ClC1CC2CCC(C1)N2c1ncc(I)cn1. The molecule has 0 spiro atoms. The third kappa shape index (κ3) is 1.90. The van der Waals surface area contributed by atoms with Crippen LogP contribution in [0.15, 0.2) is 12.4 Å². The van der Waals surface area contributed by atoms with E-state index in [0.717, 1.165) is 22.4 Å². The Morgan fingerprint density at radius 1 is 1.19 bits per heavy atom. The van der Waals surface area contributed by atoms with E-state index in [1.165, 1.54) is 12.8 Å². The number of alkyl halides is 1. The van der Waals surface area contributed by atoms with Gasteiger partial charge in [0.2, 0.25) is 5.95 Å². The minimum Gasteiger partial charge on any atom is -0.335 e. The molecule has 2 aliphatic heterocycles. The van der Waals surface area contributed by atoms with Gasteiger partial charge in [0.05, 0.1) is 0 Å². The first-order chi connectivity index (χ1) is 7.74. The van der Waals surface area contributed by atoms with Crippen LogP contribution in [0.4, 0.5) is 5.95 Å². The lowest BCUT2D eigenvalue weighted by Crippen LogP contribution is -2.44. The monoisotopic (exact) mass is 349 g/mol. The van der Waals surface area contributed by atoms with E-state index >= 15 is 0 Å². The second-order valence-electron chi connectivity index (χ2n) is 4.56. The topological polar surface area (TPSA) is 29.0 Å². The maximum Gasteiger partial charge on any atom is 0.225 e. The minimum atomic E-state index is 0.345. The average molecular weight is 350 g/mol. The Bertz CT molecular complexity index is 369. The Morgan fingerprint density at radius 2 is 1.75 bits per heavy atom. The summed E-state index contributed by atoms with van der Waals surface area (Å²) in [5.74, 6) is 0.886. The van der Waals surface area contributed by atoms with Crippen molar-refractivity contribution in [2.24, 2.45) is 0 Å². The van der Waals surface area contributed by atoms with Crippen molar-refractivity contribution in [2.75, 3.05) is 4.90 Å². The van der Waals surface area contributed by atoms with E-state index in [0.29, 0.717) is 17.5 Å². The zero-order chi connectivity index (χ0) is 11.1. The Hall–Kier alpha value is -0.100. The number of anilines is 1. The average Bonchev–Trinajstić information content (AvgIpc) is 2.54. The Morgan fingerprint density at radius 3 is 2.31 bits per heavy atom. The molecule has 2 bridgehead atoms. The van der Waals surface area contributed by atoms with Gasteiger partial charge in [0, 0.05) is 33.4 Å². The number of fused-ring (bicyclic) bond motifs is 2. The van der Waals surface area contributed by atoms with Gasteiger partial charge in [-0.2, -0.15) is 0 Å². The molecule has 0 radical (unpaired) electrons. The number of hydrogen-bond acceptors (Lipinski definition) is 3. The van der Waals surface area contributed by atoms with Gasteiger partial charge in [-0.25, -0.2) is 9.97 Å². The van der Waals surface area contributed by atoms with E-state index < -0.39 is 0 Å². The first-order valence-electron chi connectivity index (χ1n) is 5.64. The fourth-order valence-electron chi connectivity index (χ4n) is 2.88. The molecule has 86 valence electrons. The van der Waals surface area contributed by atoms with Gasteiger partial charge in [0.25, 0.3) is 0 Å². The predicted octanol–water partition coefficient (Wildman–Crippen LogP) is 2.82. The summed E-state index contributed by atoms with van der Waals surface area (Å²) in [7, 11) is 0. The van der Waals surface area contributed by atoms with E-state index in [4.69, 9.17) is 11.6 Å². The summed E-state index contributed by atoms with van der Waals surface area (Å²) in [6.07, 6.45) is 8.40. The van der Waals surface area contributed by atoms with Gasteiger partial charge in [-0.15, -0.1) is 11.6 Å². The molecule has 2 unspecified atom stereocenters. The molecule has 3 heterocycles. The quantitative estimate of drug-likeness (QED) is 0.577. The number of nitrogens with zero attached hydrogens (tertiary/aromatic N) is 3. The van der Waals surface area contributed by atoms with Crippen molar-refractivity contribution in [3.05, 3.63) is 16.0 Å². The van der Waals surface area contributed by atoms with Gasteiger partial charge in [-0.3, -0.25) is 0 Å². The number of hydrogen-bond donors (Lipinski definition) is 0. The van der Waals surface area contributed by atoms with Gasteiger partial charge in [-0.1, -0.05) is 0 Å². The number of aromatic nitrogens is 2. The first-order valence-corrected chi connectivity index (χ1v) is 7.15. The lowest BCUT2D eigenvalue weighted by atomic mass is 10.0. The van der Waals surface area contributed by atoms with Crippen molar-refractivity contribution in [3.8, 4) is 0 Å². The molecule has 0 aromatic carbocycles. The highest BCUT2D eigenvalue weighted by Crippen LogP contribution is 2.39. The summed E-state index contributed by atoms with van der Waals surface area (Å²) in [6, 6.07) is 1.11. The molecule has 2 aliphatic rings. The van der Waals surface area contributed by atoms with Crippen LogP contribution in [-0.2, 0) is 0 Å². The molecule has 2 saturated heterocycles. The van der Waals surface area contributed by atoms with E-state index in [1.807, 2.05) is 12.4 Å². The largest absolute Gasteiger partial charge is 0.335 e. The summed E-state index contributed by atoms with van der Waals surface area (Å²) in [6.45, 7) is 0. The van der Waals surface area contributed by atoms with Crippen molar-refractivity contribution in [1.29, 1.82) is 0 Å². The van der Waals surface area contributed by atoms with Gasteiger partial charge in [-0.05, 0) is 48.3 Å². The van der Waals surface area contributed by atoms with Crippen LogP contribution in [0.25, 0.3) is 0 Å². The lowest BCUT2D eigenvalue weighted by molar-refractivity contribution is 0.466. The third-order valence-corrected chi connectivity index (χ3v) is 4.43. The molecule has 2 atom stereocenters. The molecule has 0 amide bonds. The second kappa shape index (κ2) is 4.29. The zero-order valence-corrected chi connectivity index (χ0v) is 11.7. The normalized spacial score (nSPS) is 33.1. The molecule has 2 fully saturated rings. The smallest absolute Gasteiger partial charge is 0.225 e. The molecule has 0 saturated carbocycles. The van der Waals surface area contributed by atoms with Crippen molar-refractivity contribution < 1.29 is 0 Å². The fourth-order valence-corrected chi connectivity index (χ4v) is 3.57. The van der Waals surface area contributed by atoms with Crippen LogP contribution in [0.1, 0.15) is 25.7 Å². The number of halogens is 2. The van der Waals surface area contributed by atoms with Gasteiger partial charge in [0.15, 0.2) is 0 Å². The molecule has 3 rings (SSSR count). The molecule has 5 heteroatoms. The van der Waals surface area contributed by atoms with Crippen LogP contribution in [0.2, 0.25) is 0 Å². The maximum atomic E-state index is 6.26. The molecular weight excluding hydrogens is 336 g/mol. The zero-order valence-electron chi connectivity index (χ0n) is 8.81. The van der Waals surface area contributed by atoms with Gasteiger partial charge >= 0.3 is 0 Å². The maximum absolute atomic E-state index is 6.26.